The molecule has 0 heterocycles. The molecule has 0 radical (unpaired) electrons. The van der Waals surface area contributed by atoms with Gasteiger partial charge < -0.3 is 14.4 Å². The highest BCUT2D eigenvalue weighted by atomic mass is 19.2. The van der Waals surface area contributed by atoms with Crippen LogP contribution in [0.2, 0.25) is 0 Å². The van der Waals surface area contributed by atoms with E-state index >= 15 is 0 Å². The van der Waals surface area contributed by atoms with E-state index in [1.54, 1.807) is 0 Å². The fraction of sp³-hybridized carbons (Fsp3) is 0.312. The molecular weight excluding hydrogens is 343 g/mol. The number of Topliss-reactive ketones (excluding diaryl/α,β-unsaturated/α-hetero) is 1. The molecular formula is C16H16F3NO5. The number of hydrogen-bond donors (Lipinski definition) is 0. The molecule has 1 rings (SSSR count). The molecule has 0 saturated carbocycles. The predicted octanol–water partition coefficient (Wildman–Crippen LogP) is 2.22. The van der Waals surface area contributed by atoms with Crippen molar-refractivity contribution in [1.29, 1.82) is 0 Å². The molecule has 6 nitrogen and oxygen atoms in total. The normalized spacial score (nSPS) is 11.1. The van der Waals surface area contributed by atoms with Gasteiger partial charge in [-0.05, 0) is 13.0 Å². The van der Waals surface area contributed by atoms with Crippen LogP contribution in [-0.4, -0.2) is 43.3 Å². The topological polar surface area (TPSA) is 72.9 Å². The average Bonchev–Trinajstić information content (AvgIpc) is 2.51. The summed E-state index contributed by atoms with van der Waals surface area (Å²) in [6.45, 7) is 2.28. The van der Waals surface area contributed by atoms with Gasteiger partial charge in [0.15, 0.2) is 11.6 Å². The zero-order valence-corrected chi connectivity index (χ0v) is 14.0. The van der Waals surface area contributed by atoms with E-state index in [-0.39, 0.29) is 12.7 Å². The van der Waals surface area contributed by atoms with Crippen molar-refractivity contribution >= 4 is 17.7 Å². The summed E-state index contributed by atoms with van der Waals surface area (Å²) in [4.78, 5) is 36.6. The van der Waals surface area contributed by atoms with Gasteiger partial charge >= 0.3 is 11.9 Å². The number of nitrogens with zero attached hydrogens (tertiary/aromatic N) is 1. The van der Waals surface area contributed by atoms with Crippen molar-refractivity contribution in [2.75, 3.05) is 20.7 Å². The molecule has 9 heteroatoms. The van der Waals surface area contributed by atoms with E-state index in [2.05, 4.69) is 4.74 Å². The minimum Gasteiger partial charge on any atom is -0.462 e. The number of halogens is 3. The first-order valence-corrected chi connectivity index (χ1v) is 7.06. The van der Waals surface area contributed by atoms with Crippen LogP contribution in [0.3, 0.4) is 0 Å². The Labute approximate surface area is 141 Å². The van der Waals surface area contributed by atoms with Gasteiger partial charge in [-0.2, -0.15) is 4.39 Å². The van der Waals surface area contributed by atoms with Gasteiger partial charge in [-0.25, -0.2) is 13.6 Å². The van der Waals surface area contributed by atoms with E-state index in [1.807, 2.05) is 0 Å². The van der Waals surface area contributed by atoms with Gasteiger partial charge in [0, 0.05) is 27.2 Å². The number of esters is 2. The Morgan fingerprint density at radius 2 is 1.76 bits per heavy atom. The third-order valence-corrected chi connectivity index (χ3v) is 2.73. The van der Waals surface area contributed by atoms with Crippen LogP contribution < -0.4 is 4.74 Å². The standard InChI is InChI=1S/C16H16F3NO5/c1-5-24-16(23)10(7-20(3)4)14(22)9-6-11(17)13(19)15(12(9)18)25-8(2)21/h6-7H,5H2,1-4H3/b10-7-. The molecule has 1 aromatic carbocycles. The summed E-state index contributed by atoms with van der Waals surface area (Å²) in [6.07, 6.45) is 1.05. The Hall–Kier alpha value is -2.84. The van der Waals surface area contributed by atoms with Crippen LogP contribution >= 0.6 is 0 Å². The molecule has 0 saturated heterocycles. The lowest BCUT2D eigenvalue weighted by atomic mass is 10.0. The molecule has 0 amide bonds. The minimum absolute atomic E-state index is 0.0597. The highest BCUT2D eigenvalue weighted by molar-refractivity contribution is 6.24. The van der Waals surface area contributed by atoms with Gasteiger partial charge in [0.25, 0.3) is 0 Å². The Bertz CT molecular complexity index is 744. The molecule has 0 fully saturated rings. The molecule has 0 unspecified atom stereocenters. The largest absolute Gasteiger partial charge is 0.462 e. The summed E-state index contributed by atoms with van der Waals surface area (Å²) in [7, 11) is 2.97. The molecule has 0 aliphatic carbocycles. The Kier molecular flexibility index (Phi) is 6.72. The van der Waals surface area contributed by atoms with E-state index in [1.165, 1.54) is 25.9 Å². The number of carbonyl (C=O) groups is 3. The molecule has 0 aliphatic rings. The van der Waals surface area contributed by atoms with Crippen LogP contribution in [0, 0.1) is 17.5 Å². The van der Waals surface area contributed by atoms with E-state index in [0.717, 1.165) is 13.1 Å². The minimum atomic E-state index is -1.77. The van der Waals surface area contributed by atoms with Crippen molar-refractivity contribution < 1.29 is 37.0 Å². The van der Waals surface area contributed by atoms with Crippen LogP contribution in [0.1, 0.15) is 24.2 Å². The second-order valence-electron chi connectivity index (χ2n) is 5.01. The summed E-state index contributed by atoms with van der Waals surface area (Å²) < 4.78 is 50.7. The van der Waals surface area contributed by atoms with Gasteiger partial charge in [0.2, 0.25) is 17.3 Å². The zero-order valence-electron chi connectivity index (χ0n) is 14.0. The second-order valence-corrected chi connectivity index (χ2v) is 5.01. The number of carbonyl (C=O) groups excluding carboxylic acids is 3. The Balaban J connectivity index is 3.51. The van der Waals surface area contributed by atoms with Crippen molar-refractivity contribution in [3.63, 3.8) is 0 Å². The number of ketones is 1. The summed E-state index contributed by atoms with van der Waals surface area (Å²) >= 11 is 0. The van der Waals surface area contributed by atoms with Gasteiger partial charge in [-0.15, -0.1) is 0 Å². The molecule has 0 spiro atoms. The monoisotopic (exact) mass is 359 g/mol. The lowest BCUT2D eigenvalue weighted by Gasteiger charge is -2.13. The first-order valence-electron chi connectivity index (χ1n) is 7.06. The molecule has 25 heavy (non-hydrogen) atoms. The van der Waals surface area contributed by atoms with Crippen molar-refractivity contribution in [1.82, 2.24) is 4.90 Å². The number of rotatable bonds is 6. The third kappa shape index (κ3) is 4.82. The maximum Gasteiger partial charge on any atom is 0.343 e. The summed E-state index contributed by atoms with van der Waals surface area (Å²) in [5.74, 6) is -9.78. The second kappa shape index (κ2) is 8.32. The average molecular weight is 359 g/mol. The highest BCUT2D eigenvalue weighted by Gasteiger charge is 2.30. The lowest BCUT2D eigenvalue weighted by Crippen LogP contribution is -2.21. The van der Waals surface area contributed by atoms with Crippen LogP contribution in [0.4, 0.5) is 13.2 Å². The van der Waals surface area contributed by atoms with Crippen LogP contribution in [0.15, 0.2) is 17.8 Å². The van der Waals surface area contributed by atoms with Crippen molar-refractivity contribution in [3.05, 3.63) is 40.9 Å². The number of ether oxygens (including phenoxy) is 2. The van der Waals surface area contributed by atoms with Gasteiger partial charge in [-0.3, -0.25) is 9.59 Å². The van der Waals surface area contributed by atoms with E-state index < -0.39 is 52.1 Å². The number of hydrogen-bond acceptors (Lipinski definition) is 6. The fourth-order valence-corrected chi connectivity index (χ4v) is 1.80. The Morgan fingerprint density at radius 3 is 2.24 bits per heavy atom. The molecule has 0 atom stereocenters. The number of benzene rings is 1. The molecule has 0 aromatic heterocycles. The zero-order chi connectivity index (χ0) is 19.3. The highest BCUT2D eigenvalue weighted by Crippen LogP contribution is 2.29. The van der Waals surface area contributed by atoms with Crippen LogP contribution in [-0.2, 0) is 14.3 Å². The van der Waals surface area contributed by atoms with Crippen molar-refractivity contribution in [3.8, 4) is 5.75 Å². The van der Waals surface area contributed by atoms with Gasteiger partial charge in [-0.1, -0.05) is 0 Å². The first-order chi connectivity index (χ1) is 11.6. The summed E-state index contributed by atoms with van der Waals surface area (Å²) in [5, 5.41) is 0. The molecule has 0 bridgehead atoms. The predicted molar refractivity (Wildman–Crippen MR) is 80.4 cm³/mol. The van der Waals surface area contributed by atoms with Crippen molar-refractivity contribution in [2.24, 2.45) is 0 Å². The van der Waals surface area contributed by atoms with Gasteiger partial charge in [0.1, 0.15) is 5.57 Å². The third-order valence-electron chi connectivity index (χ3n) is 2.73. The van der Waals surface area contributed by atoms with E-state index in [4.69, 9.17) is 4.74 Å². The fourth-order valence-electron chi connectivity index (χ4n) is 1.80. The van der Waals surface area contributed by atoms with Crippen molar-refractivity contribution in [2.45, 2.75) is 13.8 Å². The SMILES string of the molecule is CCOC(=O)/C(=C\N(C)C)C(=O)c1cc(F)c(F)c(OC(C)=O)c1F. The maximum absolute atomic E-state index is 14.4. The summed E-state index contributed by atoms with van der Waals surface area (Å²) in [6, 6.07) is 0.280. The molecule has 136 valence electrons. The first kappa shape index (κ1) is 20.2. The lowest BCUT2D eigenvalue weighted by molar-refractivity contribution is -0.138. The summed E-state index contributed by atoms with van der Waals surface area (Å²) in [5.41, 5.74) is -1.58. The quantitative estimate of drug-likeness (QED) is 0.148. The van der Waals surface area contributed by atoms with Crippen LogP contribution in [0.5, 0.6) is 5.75 Å². The molecule has 0 aliphatic heterocycles. The van der Waals surface area contributed by atoms with E-state index in [0.29, 0.717) is 0 Å². The van der Waals surface area contributed by atoms with E-state index in [9.17, 15) is 27.6 Å². The smallest absolute Gasteiger partial charge is 0.343 e. The molecule has 1 aromatic rings. The Morgan fingerprint density at radius 1 is 1.16 bits per heavy atom. The molecule has 0 N–H and O–H groups in total. The van der Waals surface area contributed by atoms with Gasteiger partial charge in [0.05, 0.1) is 12.2 Å². The maximum atomic E-state index is 14.4. The van der Waals surface area contributed by atoms with Crippen LogP contribution in [0.25, 0.3) is 0 Å².